The molecule has 2 heterocycles. The lowest BCUT2D eigenvalue weighted by molar-refractivity contribution is -0.116. The Labute approximate surface area is 156 Å². The molecule has 0 radical (unpaired) electrons. The molecule has 3 rings (SSSR count). The van der Waals surface area contributed by atoms with Crippen LogP contribution in [0.1, 0.15) is 19.5 Å². The number of nitrogens with one attached hydrogen (secondary N) is 1. The van der Waals surface area contributed by atoms with Gasteiger partial charge in [-0.1, -0.05) is 16.8 Å². The fourth-order valence-corrected chi connectivity index (χ4v) is 3.27. The summed E-state index contributed by atoms with van der Waals surface area (Å²) in [5.74, 6) is -0.774. The zero-order chi connectivity index (χ0) is 18.7. The number of hydrogen-bond acceptors (Lipinski definition) is 5. The quantitative estimate of drug-likeness (QED) is 0.860. The zero-order valence-electron chi connectivity index (χ0n) is 14.7. The van der Waals surface area contributed by atoms with Gasteiger partial charge in [0.1, 0.15) is 12.4 Å². The minimum absolute atomic E-state index is 0.00335. The van der Waals surface area contributed by atoms with Gasteiger partial charge in [-0.05, 0) is 32.0 Å². The Morgan fingerprint density at radius 2 is 2.12 bits per heavy atom. The van der Waals surface area contributed by atoms with Crippen molar-refractivity contribution in [3.63, 3.8) is 0 Å². The van der Waals surface area contributed by atoms with E-state index in [0.29, 0.717) is 12.2 Å². The molecule has 26 heavy (non-hydrogen) atoms. The lowest BCUT2D eigenvalue weighted by Crippen LogP contribution is -2.44. The molecular weight excluding hydrogens is 361 g/mol. The predicted molar refractivity (Wildman–Crippen MR) is 95.3 cm³/mol. The Morgan fingerprint density at radius 3 is 2.81 bits per heavy atom. The van der Waals surface area contributed by atoms with Crippen molar-refractivity contribution in [3.05, 3.63) is 40.9 Å². The summed E-state index contributed by atoms with van der Waals surface area (Å²) in [5.41, 5.74) is 1.15. The molecule has 1 saturated heterocycles. The van der Waals surface area contributed by atoms with Gasteiger partial charge in [-0.2, -0.15) is 0 Å². The molecule has 1 aliphatic rings. The van der Waals surface area contributed by atoms with Crippen LogP contribution in [0.3, 0.4) is 0 Å². The topological polar surface area (TPSA) is 72.3 Å². The molecule has 0 aliphatic carbocycles. The summed E-state index contributed by atoms with van der Waals surface area (Å²) in [4.78, 5) is 14.4. The van der Waals surface area contributed by atoms with Gasteiger partial charge in [0.2, 0.25) is 5.91 Å². The second kappa shape index (κ2) is 8.11. The van der Waals surface area contributed by atoms with Gasteiger partial charge >= 0.3 is 0 Å². The van der Waals surface area contributed by atoms with E-state index in [-0.39, 0.29) is 29.7 Å². The van der Waals surface area contributed by atoms with Crippen molar-refractivity contribution < 1.29 is 13.9 Å². The number of ether oxygens (including phenoxy) is 1. The Hall–Kier alpha value is -2.03. The molecule has 1 fully saturated rings. The minimum atomic E-state index is -0.458. The van der Waals surface area contributed by atoms with Crippen LogP contribution in [0.15, 0.2) is 24.4 Å². The van der Waals surface area contributed by atoms with E-state index in [1.807, 2.05) is 13.8 Å². The highest BCUT2D eigenvalue weighted by Gasteiger charge is 2.23. The van der Waals surface area contributed by atoms with Crippen LogP contribution in [0.5, 0.6) is 0 Å². The maximum absolute atomic E-state index is 13.0. The van der Waals surface area contributed by atoms with Gasteiger partial charge in [0.15, 0.2) is 0 Å². The number of hydrogen-bond donors (Lipinski definition) is 1. The van der Waals surface area contributed by atoms with Crippen LogP contribution in [-0.2, 0) is 22.6 Å². The van der Waals surface area contributed by atoms with Gasteiger partial charge in [-0.3, -0.25) is 9.69 Å². The summed E-state index contributed by atoms with van der Waals surface area (Å²) in [6, 6.07) is 3.80. The van der Waals surface area contributed by atoms with Crippen molar-refractivity contribution in [2.45, 2.75) is 39.1 Å². The number of halogens is 2. The van der Waals surface area contributed by atoms with Crippen LogP contribution in [0, 0.1) is 5.82 Å². The molecule has 2 atom stereocenters. The molecule has 0 bridgehead atoms. The third-order valence-corrected chi connectivity index (χ3v) is 4.29. The molecular formula is C17H21ClFN5O2. The maximum Gasteiger partial charge on any atom is 0.246 e. The molecule has 1 amide bonds. The van der Waals surface area contributed by atoms with Crippen LogP contribution in [-0.4, -0.2) is 51.1 Å². The number of rotatable bonds is 5. The first-order valence-corrected chi connectivity index (χ1v) is 8.78. The van der Waals surface area contributed by atoms with E-state index in [1.165, 1.54) is 16.8 Å². The average molecular weight is 382 g/mol. The van der Waals surface area contributed by atoms with Crippen molar-refractivity contribution in [1.29, 1.82) is 0 Å². The number of carbonyl (C=O) groups is 1. The summed E-state index contributed by atoms with van der Waals surface area (Å²) < 4.78 is 20.2. The molecule has 9 heteroatoms. The fourth-order valence-electron chi connectivity index (χ4n) is 3.06. The number of anilines is 1. The van der Waals surface area contributed by atoms with Gasteiger partial charge in [0.05, 0.1) is 34.8 Å². The van der Waals surface area contributed by atoms with Crippen LogP contribution in [0.2, 0.25) is 5.02 Å². The van der Waals surface area contributed by atoms with Gasteiger partial charge in [-0.15, -0.1) is 5.10 Å². The van der Waals surface area contributed by atoms with Crippen molar-refractivity contribution >= 4 is 23.2 Å². The molecule has 140 valence electrons. The SMILES string of the molecule is C[C@@H]1CN(Cc2cn(CC(=O)Nc3ccc(F)cc3Cl)nn2)C[C@H](C)O1. The number of amides is 1. The van der Waals surface area contributed by atoms with E-state index in [9.17, 15) is 9.18 Å². The second-order valence-corrected chi connectivity index (χ2v) is 6.94. The standard InChI is InChI=1S/C17H21ClFN5O2/c1-11-6-23(7-12(2)26-11)8-14-9-24(22-21-14)10-17(25)20-16-4-3-13(19)5-15(16)18/h3-5,9,11-12H,6-8,10H2,1-2H3,(H,20,25)/t11-,12+. The van der Waals surface area contributed by atoms with Crippen molar-refractivity contribution in [3.8, 4) is 0 Å². The second-order valence-electron chi connectivity index (χ2n) is 6.53. The molecule has 0 spiro atoms. The highest BCUT2D eigenvalue weighted by molar-refractivity contribution is 6.33. The molecule has 0 saturated carbocycles. The normalized spacial score (nSPS) is 20.9. The van der Waals surface area contributed by atoms with E-state index in [1.54, 1.807) is 6.20 Å². The largest absolute Gasteiger partial charge is 0.373 e. The summed E-state index contributed by atoms with van der Waals surface area (Å²) in [7, 11) is 0. The van der Waals surface area contributed by atoms with Crippen LogP contribution < -0.4 is 5.32 Å². The highest BCUT2D eigenvalue weighted by Crippen LogP contribution is 2.22. The van der Waals surface area contributed by atoms with Crippen molar-refractivity contribution in [2.24, 2.45) is 0 Å². The molecule has 1 N–H and O–H groups in total. The Balaban J connectivity index is 1.55. The summed E-state index contributed by atoms with van der Waals surface area (Å²) in [6.07, 6.45) is 2.11. The van der Waals surface area contributed by atoms with Gasteiger partial charge < -0.3 is 10.1 Å². The lowest BCUT2D eigenvalue weighted by Gasteiger charge is -2.34. The molecule has 1 aromatic carbocycles. The predicted octanol–water partition coefficient (Wildman–Crippen LogP) is 2.32. The molecule has 0 unspecified atom stereocenters. The summed E-state index contributed by atoms with van der Waals surface area (Å²) >= 11 is 5.91. The number of carbonyl (C=O) groups excluding carboxylic acids is 1. The van der Waals surface area contributed by atoms with Crippen molar-refractivity contribution in [2.75, 3.05) is 18.4 Å². The minimum Gasteiger partial charge on any atom is -0.373 e. The summed E-state index contributed by atoms with van der Waals surface area (Å²) in [5, 5.41) is 10.9. The fraction of sp³-hybridized carbons (Fsp3) is 0.471. The monoisotopic (exact) mass is 381 g/mol. The lowest BCUT2D eigenvalue weighted by atomic mass is 10.2. The Morgan fingerprint density at radius 1 is 1.38 bits per heavy atom. The van der Waals surface area contributed by atoms with E-state index in [4.69, 9.17) is 16.3 Å². The zero-order valence-corrected chi connectivity index (χ0v) is 15.4. The van der Waals surface area contributed by atoms with E-state index in [0.717, 1.165) is 24.8 Å². The average Bonchev–Trinajstić information content (AvgIpc) is 2.96. The van der Waals surface area contributed by atoms with Gasteiger partial charge in [0.25, 0.3) is 0 Å². The number of aromatic nitrogens is 3. The first-order chi connectivity index (χ1) is 12.4. The highest BCUT2D eigenvalue weighted by atomic mass is 35.5. The first-order valence-electron chi connectivity index (χ1n) is 8.41. The van der Waals surface area contributed by atoms with Crippen LogP contribution in [0.25, 0.3) is 0 Å². The molecule has 7 nitrogen and oxygen atoms in total. The molecule has 1 aromatic heterocycles. The number of morpholine rings is 1. The first kappa shape index (κ1) is 18.8. The maximum atomic E-state index is 13.0. The Bertz CT molecular complexity index is 774. The molecule has 2 aromatic rings. The smallest absolute Gasteiger partial charge is 0.246 e. The van der Waals surface area contributed by atoms with E-state index >= 15 is 0 Å². The third kappa shape index (κ3) is 5.00. The van der Waals surface area contributed by atoms with Gasteiger partial charge in [0, 0.05) is 19.6 Å². The van der Waals surface area contributed by atoms with Crippen LogP contribution in [0.4, 0.5) is 10.1 Å². The molecule has 1 aliphatic heterocycles. The van der Waals surface area contributed by atoms with Gasteiger partial charge in [-0.25, -0.2) is 9.07 Å². The summed E-state index contributed by atoms with van der Waals surface area (Å²) in [6.45, 7) is 6.41. The van der Waals surface area contributed by atoms with E-state index in [2.05, 4.69) is 20.5 Å². The van der Waals surface area contributed by atoms with Crippen molar-refractivity contribution in [1.82, 2.24) is 19.9 Å². The van der Waals surface area contributed by atoms with E-state index < -0.39 is 5.82 Å². The van der Waals surface area contributed by atoms with Crippen LogP contribution >= 0.6 is 11.6 Å². The number of nitrogens with zero attached hydrogens (tertiary/aromatic N) is 4. The third-order valence-electron chi connectivity index (χ3n) is 3.98. The number of benzene rings is 1. The Kier molecular flexibility index (Phi) is 5.85.